The van der Waals surface area contributed by atoms with Crippen LogP contribution in [0.5, 0.6) is 0 Å². The third-order valence-electron chi connectivity index (χ3n) is 2.96. The van der Waals surface area contributed by atoms with Gasteiger partial charge in [0.2, 0.25) is 0 Å². The molecule has 1 amide bonds. The number of amides is 1. The highest BCUT2D eigenvalue weighted by atomic mass is 35.5. The predicted molar refractivity (Wildman–Crippen MR) is 80.4 cm³/mol. The summed E-state index contributed by atoms with van der Waals surface area (Å²) in [5.41, 5.74) is 1.47. The third kappa shape index (κ3) is 3.35. The van der Waals surface area contributed by atoms with Crippen LogP contribution in [0.15, 0.2) is 28.7 Å². The van der Waals surface area contributed by atoms with E-state index in [9.17, 15) is 4.79 Å². The Morgan fingerprint density at radius 1 is 1.15 bits per heavy atom. The highest BCUT2D eigenvalue weighted by molar-refractivity contribution is 6.34. The van der Waals surface area contributed by atoms with Crippen LogP contribution in [-0.4, -0.2) is 17.9 Å². The van der Waals surface area contributed by atoms with Crippen molar-refractivity contribution in [2.75, 3.05) is 7.05 Å². The lowest BCUT2D eigenvalue weighted by Crippen LogP contribution is -2.26. The molecule has 5 heteroatoms. The Labute approximate surface area is 128 Å². The minimum absolute atomic E-state index is 0.0875. The first-order valence-corrected chi connectivity index (χ1v) is 6.90. The summed E-state index contributed by atoms with van der Waals surface area (Å²) in [5, 5.41) is 1.12. The Morgan fingerprint density at radius 3 is 2.25 bits per heavy atom. The van der Waals surface area contributed by atoms with Gasteiger partial charge < -0.3 is 9.32 Å². The van der Waals surface area contributed by atoms with Crippen molar-refractivity contribution in [2.45, 2.75) is 20.4 Å². The number of halogens is 2. The molecule has 2 rings (SSSR count). The number of aryl methyl sites for hydroxylation is 2. The monoisotopic (exact) mass is 311 g/mol. The van der Waals surface area contributed by atoms with Crippen molar-refractivity contribution in [3.05, 3.63) is 57.0 Å². The van der Waals surface area contributed by atoms with Gasteiger partial charge in [-0.25, -0.2) is 0 Å². The van der Waals surface area contributed by atoms with E-state index < -0.39 is 0 Å². The normalized spacial score (nSPS) is 10.7. The number of rotatable bonds is 3. The molecule has 0 aliphatic carbocycles. The minimum atomic E-state index is -0.0875. The molecule has 0 radical (unpaired) electrons. The zero-order valence-electron chi connectivity index (χ0n) is 11.5. The van der Waals surface area contributed by atoms with Crippen LogP contribution in [0.3, 0.4) is 0 Å². The fraction of sp³-hybridized carbons (Fsp3) is 0.267. The lowest BCUT2D eigenvalue weighted by Gasteiger charge is -2.17. The molecule has 0 bridgehead atoms. The Kier molecular flexibility index (Phi) is 4.41. The standard InChI is InChI=1S/C15H15Cl2NO2/c1-9-4-14(10(2)20-9)15(19)18(3)8-11-5-12(16)7-13(17)6-11/h4-7H,8H2,1-3H3. The zero-order chi connectivity index (χ0) is 14.9. The molecule has 0 N–H and O–H groups in total. The molecule has 2 aromatic rings. The van der Waals surface area contributed by atoms with Gasteiger partial charge in [0.05, 0.1) is 5.56 Å². The molecule has 3 nitrogen and oxygen atoms in total. The number of hydrogen-bond donors (Lipinski definition) is 0. The number of hydrogen-bond acceptors (Lipinski definition) is 2. The predicted octanol–water partition coefficient (Wildman–Crippen LogP) is 4.48. The lowest BCUT2D eigenvalue weighted by atomic mass is 10.2. The molecule has 0 unspecified atom stereocenters. The van der Waals surface area contributed by atoms with Gasteiger partial charge in [-0.3, -0.25) is 4.79 Å². The SMILES string of the molecule is Cc1cc(C(=O)N(C)Cc2cc(Cl)cc(Cl)c2)c(C)o1. The van der Waals surface area contributed by atoms with Crippen LogP contribution < -0.4 is 0 Å². The van der Waals surface area contributed by atoms with Crippen LogP contribution in [0, 0.1) is 13.8 Å². The fourth-order valence-electron chi connectivity index (χ4n) is 2.10. The van der Waals surface area contributed by atoms with Crippen molar-refractivity contribution in [1.82, 2.24) is 4.90 Å². The van der Waals surface area contributed by atoms with Crippen molar-refractivity contribution in [3.8, 4) is 0 Å². The maximum absolute atomic E-state index is 12.4. The molecule has 0 aliphatic heterocycles. The molecule has 106 valence electrons. The van der Waals surface area contributed by atoms with E-state index in [0.717, 1.165) is 11.3 Å². The van der Waals surface area contributed by atoms with Crippen LogP contribution in [0.25, 0.3) is 0 Å². The molecular weight excluding hydrogens is 297 g/mol. The number of carbonyl (C=O) groups is 1. The number of nitrogens with zero attached hydrogens (tertiary/aromatic N) is 1. The van der Waals surface area contributed by atoms with Crippen molar-refractivity contribution in [1.29, 1.82) is 0 Å². The van der Waals surface area contributed by atoms with Gasteiger partial charge in [-0.2, -0.15) is 0 Å². The van der Waals surface area contributed by atoms with Crippen LogP contribution >= 0.6 is 23.2 Å². The summed E-state index contributed by atoms with van der Waals surface area (Å²) in [6.45, 7) is 4.04. The maximum atomic E-state index is 12.4. The topological polar surface area (TPSA) is 33.5 Å². The Hall–Kier alpha value is -1.45. The quantitative estimate of drug-likeness (QED) is 0.837. The highest BCUT2D eigenvalue weighted by Gasteiger charge is 2.18. The summed E-state index contributed by atoms with van der Waals surface area (Å²) in [6, 6.07) is 7.01. The summed E-state index contributed by atoms with van der Waals surface area (Å²) in [6.07, 6.45) is 0. The molecule has 0 atom stereocenters. The van der Waals surface area contributed by atoms with Crippen molar-refractivity contribution in [3.63, 3.8) is 0 Å². The second kappa shape index (κ2) is 5.90. The van der Waals surface area contributed by atoms with E-state index in [-0.39, 0.29) is 5.91 Å². The maximum Gasteiger partial charge on any atom is 0.257 e. The lowest BCUT2D eigenvalue weighted by molar-refractivity contribution is 0.0783. The van der Waals surface area contributed by atoms with Gasteiger partial charge in [0.25, 0.3) is 5.91 Å². The Balaban J connectivity index is 2.17. The Bertz CT molecular complexity index is 629. The van der Waals surface area contributed by atoms with E-state index >= 15 is 0 Å². The van der Waals surface area contributed by atoms with E-state index in [1.807, 2.05) is 6.92 Å². The number of benzene rings is 1. The van der Waals surface area contributed by atoms with Crippen LogP contribution in [0.2, 0.25) is 10.0 Å². The van der Waals surface area contributed by atoms with E-state index in [0.29, 0.717) is 27.9 Å². The average Bonchev–Trinajstić information content (AvgIpc) is 2.66. The Morgan fingerprint density at radius 2 is 1.75 bits per heavy atom. The van der Waals surface area contributed by atoms with Crippen molar-refractivity contribution in [2.24, 2.45) is 0 Å². The molecule has 1 aromatic carbocycles. The second-order valence-corrected chi connectivity index (χ2v) is 5.64. The first-order chi connectivity index (χ1) is 9.36. The van der Waals surface area contributed by atoms with Gasteiger partial charge in [-0.1, -0.05) is 23.2 Å². The second-order valence-electron chi connectivity index (χ2n) is 4.77. The molecule has 0 spiro atoms. The summed E-state index contributed by atoms with van der Waals surface area (Å²) in [7, 11) is 1.74. The number of carbonyl (C=O) groups excluding carboxylic acids is 1. The number of furan rings is 1. The first-order valence-electron chi connectivity index (χ1n) is 6.14. The largest absolute Gasteiger partial charge is 0.466 e. The van der Waals surface area contributed by atoms with Crippen molar-refractivity contribution >= 4 is 29.1 Å². The van der Waals surface area contributed by atoms with Gasteiger partial charge in [-0.15, -0.1) is 0 Å². The molecule has 0 saturated carbocycles. The molecule has 0 aliphatic rings. The summed E-state index contributed by atoms with van der Waals surface area (Å²) in [4.78, 5) is 14.0. The molecule has 0 fully saturated rings. The van der Waals surface area contributed by atoms with Gasteiger partial charge in [0.1, 0.15) is 11.5 Å². The van der Waals surface area contributed by atoms with Crippen LogP contribution in [0.1, 0.15) is 27.4 Å². The summed E-state index contributed by atoms with van der Waals surface area (Å²) in [5.74, 6) is 1.27. The van der Waals surface area contributed by atoms with Gasteiger partial charge in [-0.05, 0) is 43.7 Å². The average molecular weight is 312 g/mol. The summed E-state index contributed by atoms with van der Waals surface area (Å²) < 4.78 is 5.38. The molecular formula is C15H15Cl2NO2. The van der Waals surface area contributed by atoms with Crippen molar-refractivity contribution < 1.29 is 9.21 Å². The minimum Gasteiger partial charge on any atom is -0.466 e. The van der Waals surface area contributed by atoms with Gasteiger partial charge >= 0.3 is 0 Å². The van der Waals surface area contributed by atoms with Gasteiger partial charge in [0, 0.05) is 23.6 Å². The van der Waals surface area contributed by atoms with Crippen LogP contribution in [-0.2, 0) is 6.54 Å². The van der Waals surface area contributed by atoms with E-state index in [1.54, 1.807) is 43.1 Å². The van der Waals surface area contributed by atoms with Crippen LogP contribution in [0.4, 0.5) is 0 Å². The smallest absolute Gasteiger partial charge is 0.257 e. The molecule has 1 heterocycles. The fourth-order valence-corrected chi connectivity index (χ4v) is 2.67. The molecule has 20 heavy (non-hydrogen) atoms. The first kappa shape index (κ1) is 14.9. The van der Waals surface area contributed by atoms with E-state index in [2.05, 4.69) is 0 Å². The molecule has 0 saturated heterocycles. The molecule has 1 aromatic heterocycles. The third-order valence-corrected chi connectivity index (χ3v) is 3.40. The summed E-state index contributed by atoms with van der Waals surface area (Å²) >= 11 is 11.9. The van der Waals surface area contributed by atoms with Gasteiger partial charge in [0.15, 0.2) is 0 Å². The highest BCUT2D eigenvalue weighted by Crippen LogP contribution is 2.21. The van der Waals surface area contributed by atoms with E-state index in [1.165, 1.54) is 0 Å². The zero-order valence-corrected chi connectivity index (χ0v) is 13.0. The van der Waals surface area contributed by atoms with E-state index in [4.69, 9.17) is 27.6 Å².